The van der Waals surface area contributed by atoms with E-state index in [1.807, 2.05) is 0 Å². The quantitative estimate of drug-likeness (QED) is 0.486. The van der Waals surface area contributed by atoms with Gasteiger partial charge in [0.05, 0.1) is 17.1 Å². The molecule has 0 saturated heterocycles. The zero-order chi connectivity index (χ0) is 18.8. The predicted molar refractivity (Wildman–Crippen MR) is 102 cm³/mol. The fraction of sp³-hybridized carbons (Fsp3) is 0.300. The van der Waals surface area contributed by atoms with Crippen molar-refractivity contribution < 1.29 is 10.0 Å². The number of aromatic nitrogens is 2. The van der Waals surface area contributed by atoms with E-state index in [0.717, 1.165) is 22.5 Å². The number of rotatable bonds is 5. The van der Waals surface area contributed by atoms with Crippen LogP contribution in [0.15, 0.2) is 36.4 Å². The standard InChI is InChI=1S/C20H24N4O2/c1-12-4-6-15(7-5-12)24-18-11-14(3)13(2)10-17(18)22-19(24)9-8-16(21)20(25)23-26/h4-7,10-11,16,26H,8-9,21H2,1-3H3,(H,23,25)/t16-/m1/s1. The number of amides is 1. The Kier molecular flexibility index (Phi) is 5.06. The number of nitrogens with zero attached hydrogens (tertiary/aromatic N) is 2. The summed E-state index contributed by atoms with van der Waals surface area (Å²) in [5.74, 6) is 0.254. The maximum Gasteiger partial charge on any atom is 0.260 e. The lowest BCUT2D eigenvalue weighted by atomic mass is 10.1. The summed E-state index contributed by atoms with van der Waals surface area (Å²) < 4.78 is 2.12. The van der Waals surface area contributed by atoms with Crippen LogP contribution in [0.1, 0.15) is 28.9 Å². The minimum atomic E-state index is -0.783. The van der Waals surface area contributed by atoms with Gasteiger partial charge in [-0.3, -0.25) is 14.6 Å². The van der Waals surface area contributed by atoms with E-state index in [0.29, 0.717) is 12.8 Å². The van der Waals surface area contributed by atoms with Crippen molar-refractivity contribution in [3.63, 3.8) is 0 Å². The van der Waals surface area contributed by atoms with E-state index in [-0.39, 0.29) is 0 Å². The maximum atomic E-state index is 11.5. The molecule has 0 aliphatic heterocycles. The Labute approximate surface area is 152 Å². The highest BCUT2D eigenvalue weighted by atomic mass is 16.5. The molecule has 2 aromatic carbocycles. The maximum absolute atomic E-state index is 11.5. The van der Waals surface area contributed by atoms with Crippen LogP contribution in [0.3, 0.4) is 0 Å². The van der Waals surface area contributed by atoms with Gasteiger partial charge in [-0.15, -0.1) is 0 Å². The van der Waals surface area contributed by atoms with E-state index >= 15 is 0 Å². The Morgan fingerprint density at radius 3 is 2.50 bits per heavy atom. The molecule has 0 aliphatic rings. The molecule has 0 spiro atoms. The SMILES string of the molecule is Cc1ccc(-n2c(CC[C@@H](N)C(=O)NO)nc3cc(C)c(C)cc32)cc1. The van der Waals surface area contributed by atoms with Crippen LogP contribution in [-0.2, 0) is 11.2 Å². The van der Waals surface area contributed by atoms with Crippen LogP contribution in [-0.4, -0.2) is 26.7 Å². The molecule has 0 radical (unpaired) electrons. The Hall–Kier alpha value is -2.70. The number of aryl methyl sites for hydroxylation is 4. The number of hydroxylamine groups is 1. The first-order chi connectivity index (χ1) is 12.4. The summed E-state index contributed by atoms with van der Waals surface area (Å²) in [4.78, 5) is 16.3. The zero-order valence-electron chi connectivity index (χ0n) is 15.3. The van der Waals surface area contributed by atoms with Gasteiger partial charge in [0.25, 0.3) is 5.91 Å². The lowest BCUT2D eigenvalue weighted by Crippen LogP contribution is -2.39. The van der Waals surface area contributed by atoms with E-state index in [1.165, 1.54) is 16.7 Å². The van der Waals surface area contributed by atoms with Crippen LogP contribution < -0.4 is 11.2 Å². The summed E-state index contributed by atoms with van der Waals surface area (Å²) in [6, 6.07) is 11.7. The van der Waals surface area contributed by atoms with Gasteiger partial charge in [0.2, 0.25) is 0 Å². The molecular weight excluding hydrogens is 328 g/mol. The molecule has 3 aromatic rings. The second-order valence-electron chi connectivity index (χ2n) is 6.75. The highest BCUT2D eigenvalue weighted by Crippen LogP contribution is 2.25. The van der Waals surface area contributed by atoms with Gasteiger partial charge in [-0.25, -0.2) is 10.5 Å². The average molecular weight is 352 g/mol. The van der Waals surface area contributed by atoms with Crippen LogP contribution in [0.5, 0.6) is 0 Å². The van der Waals surface area contributed by atoms with Crippen molar-refractivity contribution in [2.45, 2.75) is 39.7 Å². The molecular formula is C20H24N4O2. The monoisotopic (exact) mass is 352 g/mol. The molecule has 6 heteroatoms. The van der Waals surface area contributed by atoms with Crippen molar-refractivity contribution in [3.8, 4) is 5.69 Å². The highest BCUT2D eigenvalue weighted by molar-refractivity contribution is 5.81. The molecule has 136 valence electrons. The lowest BCUT2D eigenvalue weighted by molar-refractivity contribution is -0.130. The van der Waals surface area contributed by atoms with Gasteiger partial charge in [-0.2, -0.15) is 0 Å². The lowest BCUT2D eigenvalue weighted by Gasteiger charge is -2.12. The van der Waals surface area contributed by atoms with Crippen LogP contribution in [0, 0.1) is 20.8 Å². The largest absolute Gasteiger partial charge is 0.320 e. The summed E-state index contributed by atoms with van der Waals surface area (Å²) in [6.07, 6.45) is 0.911. The van der Waals surface area contributed by atoms with Crippen LogP contribution in [0.25, 0.3) is 16.7 Å². The van der Waals surface area contributed by atoms with Crippen molar-refractivity contribution >= 4 is 16.9 Å². The van der Waals surface area contributed by atoms with Gasteiger partial charge in [-0.1, -0.05) is 17.7 Å². The zero-order valence-corrected chi connectivity index (χ0v) is 15.3. The Bertz CT molecular complexity index is 945. The minimum Gasteiger partial charge on any atom is -0.320 e. The third-order valence-corrected chi connectivity index (χ3v) is 4.76. The molecule has 1 amide bonds. The summed E-state index contributed by atoms with van der Waals surface area (Å²) in [7, 11) is 0. The molecule has 6 nitrogen and oxygen atoms in total. The van der Waals surface area contributed by atoms with Crippen molar-refractivity contribution in [2.24, 2.45) is 5.73 Å². The molecule has 0 unspecified atom stereocenters. The smallest absolute Gasteiger partial charge is 0.260 e. The molecule has 1 heterocycles. The Morgan fingerprint density at radius 1 is 1.19 bits per heavy atom. The number of nitrogens with two attached hydrogens (primary N) is 1. The van der Waals surface area contributed by atoms with Gasteiger partial charge in [-0.05, 0) is 62.6 Å². The second-order valence-corrected chi connectivity index (χ2v) is 6.75. The fourth-order valence-corrected chi connectivity index (χ4v) is 3.03. The van der Waals surface area contributed by atoms with Crippen LogP contribution in [0.2, 0.25) is 0 Å². The number of imidazole rings is 1. The van der Waals surface area contributed by atoms with Gasteiger partial charge in [0.15, 0.2) is 0 Å². The molecule has 1 atom stereocenters. The molecule has 1 aromatic heterocycles. The molecule has 3 rings (SSSR count). The van der Waals surface area contributed by atoms with E-state index in [1.54, 1.807) is 5.48 Å². The molecule has 0 fully saturated rings. The third kappa shape index (κ3) is 3.47. The first-order valence-electron chi connectivity index (χ1n) is 8.66. The van der Waals surface area contributed by atoms with Gasteiger partial charge >= 0.3 is 0 Å². The van der Waals surface area contributed by atoms with Crippen molar-refractivity contribution in [1.82, 2.24) is 15.0 Å². The van der Waals surface area contributed by atoms with E-state index in [9.17, 15) is 4.79 Å². The van der Waals surface area contributed by atoms with Gasteiger partial charge in [0.1, 0.15) is 5.82 Å². The first kappa shape index (κ1) is 18.1. The molecule has 26 heavy (non-hydrogen) atoms. The number of hydrogen-bond donors (Lipinski definition) is 3. The normalized spacial score (nSPS) is 12.3. The summed E-state index contributed by atoms with van der Waals surface area (Å²) in [5.41, 5.74) is 14.0. The van der Waals surface area contributed by atoms with Gasteiger partial charge < -0.3 is 5.73 Å². The predicted octanol–water partition coefficient (Wildman–Crippen LogP) is 2.72. The van der Waals surface area contributed by atoms with E-state index in [4.69, 9.17) is 15.9 Å². The summed E-state index contributed by atoms with van der Waals surface area (Å²) in [5, 5.41) is 8.74. The molecule has 0 saturated carbocycles. The molecule has 4 N–H and O–H groups in total. The minimum absolute atomic E-state index is 0.388. The van der Waals surface area contributed by atoms with Crippen molar-refractivity contribution in [3.05, 3.63) is 58.9 Å². The number of fused-ring (bicyclic) bond motifs is 1. The van der Waals surface area contributed by atoms with Crippen molar-refractivity contribution in [2.75, 3.05) is 0 Å². The van der Waals surface area contributed by atoms with Gasteiger partial charge in [0, 0.05) is 12.1 Å². The number of benzene rings is 2. The summed E-state index contributed by atoms with van der Waals surface area (Å²) >= 11 is 0. The number of nitrogens with one attached hydrogen (secondary N) is 1. The second kappa shape index (κ2) is 7.27. The van der Waals surface area contributed by atoms with E-state index in [2.05, 4.69) is 61.7 Å². The topological polar surface area (TPSA) is 93.2 Å². The number of hydrogen-bond acceptors (Lipinski definition) is 4. The fourth-order valence-electron chi connectivity index (χ4n) is 3.03. The third-order valence-electron chi connectivity index (χ3n) is 4.76. The number of carbonyl (C=O) groups is 1. The number of carbonyl (C=O) groups excluding carboxylic acids is 1. The Balaban J connectivity index is 2.07. The average Bonchev–Trinajstić information content (AvgIpc) is 2.97. The summed E-state index contributed by atoms with van der Waals surface area (Å²) in [6.45, 7) is 6.21. The van der Waals surface area contributed by atoms with Crippen LogP contribution >= 0.6 is 0 Å². The Morgan fingerprint density at radius 2 is 1.85 bits per heavy atom. The first-order valence-corrected chi connectivity index (χ1v) is 8.66. The molecule has 0 aliphatic carbocycles. The molecule has 0 bridgehead atoms. The highest BCUT2D eigenvalue weighted by Gasteiger charge is 2.17. The van der Waals surface area contributed by atoms with Crippen molar-refractivity contribution in [1.29, 1.82) is 0 Å². The van der Waals surface area contributed by atoms with E-state index < -0.39 is 11.9 Å². The van der Waals surface area contributed by atoms with Crippen LogP contribution in [0.4, 0.5) is 0 Å².